The van der Waals surface area contributed by atoms with Crippen molar-refractivity contribution < 1.29 is 18.6 Å². The Balaban J connectivity index is 1.84. The van der Waals surface area contributed by atoms with E-state index in [9.17, 15) is 0 Å². The standard InChI is InChI=1S/C23H25NO4/c1-25-19-10-7-17(8-11-19)6-9-18-13-21(26-2)14-23(27-3)22(18)16-24-15-20-5-4-12-28-20/h4-14,24H,15-16H2,1-3H3/b9-6+. The Morgan fingerprint density at radius 1 is 0.857 bits per heavy atom. The minimum atomic E-state index is 0.635. The molecule has 0 unspecified atom stereocenters. The first-order valence-electron chi connectivity index (χ1n) is 9.03. The van der Waals surface area contributed by atoms with Crippen molar-refractivity contribution in [3.8, 4) is 17.2 Å². The summed E-state index contributed by atoms with van der Waals surface area (Å²) in [4.78, 5) is 0. The lowest BCUT2D eigenvalue weighted by molar-refractivity contribution is 0.389. The molecule has 1 N–H and O–H groups in total. The van der Waals surface area contributed by atoms with Crippen LogP contribution in [0.2, 0.25) is 0 Å². The van der Waals surface area contributed by atoms with Gasteiger partial charge in [-0.1, -0.05) is 24.3 Å². The smallest absolute Gasteiger partial charge is 0.127 e. The molecule has 0 fully saturated rings. The quantitative estimate of drug-likeness (QED) is 0.543. The Morgan fingerprint density at radius 2 is 1.64 bits per heavy atom. The van der Waals surface area contributed by atoms with Gasteiger partial charge in [-0.2, -0.15) is 0 Å². The number of ether oxygens (including phenoxy) is 3. The van der Waals surface area contributed by atoms with Crippen molar-refractivity contribution in [3.63, 3.8) is 0 Å². The molecule has 3 aromatic rings. The summed E-state index contributed by atoms with van der Waals surface area (Å²) in [7, 11) is 4.98. The largest absolute Gasteiger partial charge is 0.497 e. The van der Waals surface area contributed by atoms with Crippen LogP contribution < -0.4 is 19.5 Å². The fraction of sp³-hybridized carbons (Fsp3) is 0.217. The summed E-state index contributed by atoms with van der Waals surface area (Å²) < 4.78 is 21.6. The molecule has 0 spiro atoms. The normalized spacial score (nSPS) is 11.0. The lowest BCUT2D eigenvalue weighted by Crippen LogP contribution is -2.14. The van der Waals surface area contributed by atoms with E-state index in [2.05, 4.69) is 17.5 Å². The van der Waals surface area contributed by atoms with Crippen LogP contribution >= 0.6 is 0 Å². The molecule has 5 nitrogen and oxygen atoms in total. The van der Waals surface area contributed by atoms with Gasteiger partial charge in [0.2, 0.25) is 0 Å². The number of hydrogen-bond donors (Lipinski definition) is 1. The summed E-state index contributed by atoms with van der Waals surface area (Å²) in [6, 6.07) is 15.6. The van der Waals surface area contributed by atoms with Crippen molar-refractivity contribution in [2.24, 2.45) is 0 Å². The molecule has 0 radical (unpaired) electrons. The Morgan fingerprint density at radius 3 is 2.29 bits per heavy atom. The van der Waals surface area contributed by atoms with Crippen LogP contribution in [0, 0.1) is 0 Å². The molecule has 1 heterocycles. The van der Waals surface area contributed by atoms with Crippen LogP contribution in [0.1, 0.15) is 22.5 Å². The summed E-state index contributed by atoms with van der Waals surface area (Å²) in [5.41, 5.74) is 3.16. The maximum Gasteiger partial charge on any atom is 0.127 e. The van der Waals surface area contributed by atoms with Gasteiger partial charge in [0.15, 0.2) is 0 Å². The lowest BCUT2D eigenvalue weighted by atomic mass is 10.0. The van der Waals surface area contributed by atoms with Gasteiger partial charge in [-0.15, -0.1) is 0 Å². The average Bonchev–Trinajstić information content (AvgIpc) is 3.26. The Labute approximate surface area is 165 Å². The van der Waals surface area contributed by atoms with Crippen molar-refractivity contribution >= 4 is 12.2 Å². The topological polar surface area (TPSA) is 52.9 Å². The van der Waals surface area contributed by atoms with Crippen LogP contribution in [0.25, 0.3) is 12.2 Å². The Kier molecular flexibility index (Phi) is 6.76. The molecule has 0 saturated carbocycles. The van der Waals surface area contributed by atoms with E-state index >= 15 is 0 Å². The number of methoxy groups -OCH3 is 3. The fourth-order valence-corrected chi connectivity index (χ4v) is 2.90. The highest BCUT2D eigenvalue weighted by Gasteiger charge is 2.11. The third-order valence-electron chi connectivity index (χ3n) is 4.42. The third kappa shape index (κ3) is 4.96. The molecule has 0 saturated heterocycles. The molecule has 1 aromatic heterocycles. The zero-order valence-corrected chi connectivity index (χ0v) is 16.4. The molecule has 28 heavy (non-hydrogen) atoms. The summed E-state index contributed by atoms with van der Waals surface area (Å²) in [6.07, 6.45) is 5.80. The van der Waals surface area contributed by atoms with Gasteiger partial charge >= 0.3 is 0 Å². The second-order valence-corrected chi connectivity index (χ2v) is 6.19. The molecule has 0 amide bonds. The first-order valence-corrected chi connectivity index (χ1v) is 9.03. The summed E-state index contributed by atoms with van der Waals surface area (Å²) in [5, 5.41) is 3.40. The lowest BCUT2D eigenvalue weighted by Gasteiger charge is -2.15. The van der Waals surface area contributed by atoms with Crippen LogP contribution in [0.3, 0.4) is 0 Å². The minimum absolute atomic E-state index is 0.635. The molecule has 0 aliphatic rings. The number of rotatable bonds is 9. The first-order chi connectivity index (χ1) is 13.7. The highest BCUT2D eigenvalue weighted by molar-refractivity contribution is 5.73. The highest BCUT2D eigenvalue weighted by atomic mass is 16.5. The maximum absolute atomic E-state index is 5.60. The predicted octanol–water partition coefficient (Wildman–Crippen LogP) is 4.77. The number of benzene rings is 2. The van der Waals surface area contributed by atoms with Gasteiger partial charge in [0.05, 0.1) is 34.1 Å². The van der Waals surface area contributed by atoms with Gasteiger partial charge < -0.3 is 23.9 Å². The molecular weight excluding hydrogens is 354 g/mol. The SMILES string of the molecule is COc1ccc(/C=C/c2cc(OC)cc(OC)c2CNCc2ccco2)cc1. The molecule has 3 rings (SSSR count). The van der Waals surface area contributed by atoms with Gasteiger partial charge in [-0.25, -0.2) is 0 Å². The minimum Gasteiger partial charge on any atom is -0.497 e. The average molecular weight is 379 g/mol. The number of furan rings is 1. The molecule has 0 bridgehead atoms. The van der Waals surface area contributed by atoms with E-state index in [0.717, 1.165) is 39.7 Å². The second kappa shape index (κ2) is 9.67. The van der Waals surface area contributed by atoms with Gasteiger partial charge in [0.25, 0.3) is 0 Å². The Bertz CT molecular complexity index is 899. The molecule has 2 aromatic carbocycles. The first kappa shape index (κ1) is 19.6. The van der Waals surface area contributed by atoms with Gasteiger partial charge in [-0.05, 0) is 41.5 Å². The van der Waals surface area contributed by atoms with Crippen LogP contribution in [0.4, 0.5) is 0 Å². The molecule has 0 aliphatic heterocycles. The molecular formula is C23H25NO4. The number of nitrogens with one attached hydrogen (secondary N) is 1. The zero-order chi connectivity index (χ0) is 19.8. The Hall–Kier alpha value is -3.18. The third-order valence-corrected chi connectivity index (χ3v) is 4.42. The summed E-state index contributed by atoms with van der Waals surface area (Å²) >= 11 is 0. The zero-order valence-electron chi connectivity index (χ0n) is 16.4. The van der Waals surface area contributed by atoms with Crippen LogP contribution in [0.15, 0.2) is 59.2 Å². The number of hydrogen-bond acceptors (Lipinski definition) is 5. The van der Waals surface area contributed by atoms with Crippen molar-refractivity contribution in [1.82, 2.24) is 5.32 Å². The monoisotopic (exact) mass is 379 g/mol. The second-order valence-electron chi connectivity index (χ2n) is 6.19. The van der Waals surface area contributed by atoms with Gasteiger partial charge in [0.1, 0.15) is 23.0 Å². The van der Waals surface area contributed by atoms with Crippen molar-refractivity contribution in [2.45, 2.75) is 13.1 Å². The maximum atomic E-state index is 5.60. The molecule has 5 heteroatoms. The van der Waals surface area contributed by atoms with Gasteiger partial charge in [-0.3, -0.25) is 0 Å². The van der Waals surface area contributed by atoms with Crippen molar-refractivity contribution in [1.29, 1.82) is 0 Å². The van der Waals surface area contributed by atoms with E-state index < -0.39 is 0 Å². The van der Waals surface area contributed by atoms with Crippen LogP contribution in [0.5, 0.6) is 17.2 Å². The van der Waals surface area contributed by atoms with Gasteiger partial charge in [0, 0.05) is 18.2 Å². The van der Waals surface area contributed by atoms with Crippen molar-refractivity contribution in [3.05, 3.63) is 77.2 Å². The molecule has 0 atom stereocenters. The van der Waals surface area contributed by atoms with Crippen LogP contribution in [-0.2, 0) is 13.1 Å². The van der Waals surface area contributed by atoms with E-state index in [1.54, 1.807) is 27.6 Å². The highest BCUT2D eigenvalue weighted by Crippen LogP contribution is 2.30. The van der Waals surface area contributed by atoms with E-state index in [1.807, 2.05) is 48.5 Å². The van der Waals surface area contributed by atoms with E-state index in [-0.39, 0.29) is 0 Å². The van der Waals surface area contributed by atoms with Crippen LogP contribution in [-0.4, -0.2) is 21.3 Å². The van der Waals surface area contributed by atoms with E-state index in [4.69, 9.17) is 18.6 Å². The van der Waals surface area contributed by atoms with Crippen molar-refractivity contribution in [2.75, 3.05) is 21.3 Å². The summed E-state index contributed by atoms with van der Waals surface area (Å²) in [5.74, 6) is 3.26. The predicted molar refractivity (Wildman–Crippen MR) is 111 cm³/mol. The molecule has 146 valence electrons. The summed E-state index contributed by atoms with van der Waals surface area (Å²) in [6.45, 7) is 1.28. The fourth-order valence-electron chi connectivity index (χ4n) is 2.90. The van der Waals surface area contributed by atoms with E-state index in [0.29, 0.717) is 13.1 Å². The van der Waals surface area contributed by atoms with E-state index in [1.165, 1.54) is 0 Å². The molecule has 0 aliphatic carbocycles.